The van der Waals surface area contributed by atoms with Crippen LogP contribution in [0.1, 0.15) is 32.9 Å². The van der Waals surface area contributed by atoms with Crippen LogP contribution in [-0.4, -0.2) is 29.3 Å². The molecule has 0 amide bonds. The zero-order chi connectivity index (χ0) is 12.8. The van der Waals surface area contributed by atoms with E-state index in [1.54, 1.807) is 7.11 Å². The van der Waals surface area contributed by atoms with E-state index in [0.29, 0.717) is 18.6 Å². The molecule has 0 aliphatic carbocycles. The fourth-order valence-corrected chi connectivity index (χ4v) is 1.84. The smallest absolute Gasteiger partial charge is 0.203 e. The first-order valence-corrected chi connectivity index (χ1v) is 6.36. The Hall–Kier alpha value is -1.03. The zero-order valence-electron chi connectivity index (χ0n) is 11.7. The summed E-state index contributed by atoms with van der Waals surface area (Å²) in [4.78, 5) is 4.53. The van der Waals surface area contributed by atoms with Gasteiger partial charge in [-0.05, 0) is 19.3 Å². The highest BCUT2D eigenvalue weighted by Crippen LogP contribution is 2.13. The van der Waals surface area contributed by atoms with Gasteiger partial charge in [-0.1, -0.05) is 20.8 Å². The van der Waals surface area contributed by atoms with Crippen LogP contribution in [0.2, 0.25) is 0 Å². The molecule has 1 N–H and O–H groups in total. The third-order valence-electron chi connectivity index (χ3n) is 2.65. The normalized spacial score (nSPS) is 13.1. The molecule has 1 aromatic rings. The van der Waals surface area contributed by atoms with Gasteiger partial charge in [0.1, 0.15) is 0 Å². The van der Waals surface area contributed by atoms with Crippen molar-refractivity contribution in [2.24, 2.45) is 5.92 Å². The van der Waals surface area contributed by atoms with E-state index in [1.165, 1.54) is 0 Å². The van der Waals surface area contributed by atoms with Crippen molar-refractivity contribution in [2.75, 3.05) is 19.0 Å². The van der Waals surface area contributed by atoms with E-state index in [4.69, 9.17) is 4.74 Å². The van der Waals surface area contributed by atoms with E-state index in [-0.39, 0.29) is 0 Å². The largest absolute Gasteiger partial charge is 0.383 e. The molecule has 0 bridgehead atoms. The van der Waals surface area contributed by atoms with Crippen molar-refractivity contribution < 1.29 is 4.74 Å². The Bertz CT molecular complexity index is 333. The number of anilines is 1. The number of hydrogen-bond donors (Lipinski definition) is 1. The van der Waals surface area contributed by atoms with Gasteiger partial charge in [-0.15, -0.1) is 0 Å². The van der Waals surface area contributed by atoms with Gasteiger partial charge in [0.25, 0.3) is 0 Å². The predicted molar refractivity (Wildman–Crippen MR) is 71.4 cm³/mol. The van der Waals surface area contributed by atoms with Crippen LogP contribution in [-0.2, 0) is 11.3 Å². The molecule has 0 spiro atoms. The maximum Gasteiger partial charge on any atom is 0.203 e. The maximum atomic E-state index is 5.20. The Morgan fingerprint density at radius 3 is 2.71 bits per heavy atom. The molecule has 1 rings (SSSR count). The third-order valence-corrected chi connectivity index (χ3v) is 2.65. The van der Waals surface area contributed by atoms with Gasteiger partial charge >= 0.3 is 0 Å². The van der Waals surface area contributed by atoms with Crippen LogP contribution in [0.15, 0.2) is 6.20 Å². The predicted octanol–water partition coefficient (Wildman–Crippen LogP) is 2.68. The summed E-state index contributed by atoms with van der Waals surface area (Å²) < 4.78 is 7.39. The van der Waals surface area contributed by atoms with E-state index in [0.717, 1.165) is 24.6 Å². The van der Waals surface area contributed by atoms with E-state index in [2.05, 4.69) is 41.8 Å². The van der Waals surface area contributed by atoms with Crippen LogP contribution in [0.4, 0.5) is 5.95 Å². The monoisotopic (exact) mass is 239 g/mol. The Morgan fingerprint density at radius 2 is 2.18 bits per heavy atom. The molecule has 0 aromatic carbocycles. The first kappa shape index (κ1) is 14.0. The molecule has 1 aromatic heterocycles. The van der Waals surface area contributed by atoms with Gasteiger partial charge in [0.2, 0.25) is 5.95 Å². The van der Waals surface area contributed by atoms with Gasteiger partial charge in [0.15, 0.2) is 0 Å². The molecule has 0 aliphatic heterocycles. The molecular weight excluding hydrogens is 214 g/mol. The minimum Gasteiger partial charge on any atom is -0.383 e. The second-order valence-corrected chi connectivity index (χ2v) is 4.96. The quantitative estimate of drug-likeness (QED) is 0.795. The number of rotatable bonds is 7. The molecule has 4 nitrogen and oxygen atoms in total. The van der Waals surface area contributed by atoms with Crippen molar-refractivity contribution in [3.63, 3.8) is 0 Å². The van der Waals surface area contributed by atoms with Crippen molar-refractivity contribution in [2.45, 2.75) is 46.7 Å². The van der Waals surface area contributed by atoms with Crippen LogP contribution in [0.3, 0.4) is 0 Å². The second-order valence-electron chi connectivity index (χ2n) is 4.96. The average molecular weight is 239 g/mol. The van der Waals surface area contributed by atoms with Crippen LogP contribution >= 0.6 is 0 Å². The fourth-order valence-electron chi connectivity index (χ4n) is 1.84. The number of aryl methyl sites for hydroxylation is 1. The molecule has 0 saturated carbocycles. The summed E-state index contributed by atoms with van der Waals surface area (Å²) >= 11 is 0. The van der Waals surface area contributed by atoms with Gasteiger partial charge < -0.3 is 14.6 Å². The lowest BCUT2D eigenvalue weighted by atomic mass is 10.2. The Morgan fingerprint density at radius 1 is 1.47 bits per heavy atom. The molecule has 1 atom stereocenters. The standard InChI is InChI=1S/C13H25N3O/c1-6-12(9-17-5)15-13-14-11(4)8-16(13)7-10(2)3/h8,10,12H,6-7,9H2,1-5H3,(H,14,15). The Labute approximate surface area is 104 Å². The summed E-state index contributed by atoms with van der Waals surface area (Å²) in [6.07, 6.45) is 3.13. The van der Waals surface area contributed by atoms with Crippen LogP contribution < -0.4 is 5.32 Å². The summed E-state index contributed by atoms with van der Waals surface area (Å²) in [5.74, 6) is 1.58. The summed E-state index contributed by atoms with van der Waals surface area (Å²) in [5.41, 5.74) is 1.06. The van der Waals surface area contributed by atoms with Crippen molar-refractivity contribution in [3.05, 3.63) is 11.9 Å². The fraction of sp³-hybridized carbons (Fsp3) is 0.769. The Balaban J connectivity index is 2.74. The molecule has 17 heavy (non-hydrogen) atoms. The third kappa shape index (κ3) is 4.38. The number of aromatic nitrogens is 2. The summed E-state index contributed by atoms with van der Waals surface area (Å²) in [7, 11) is 1.73. The summed E-state index contributed by atoms with van der Waals surface area (Å²) in [5, 5.41) is 3.45. The number of nitrogens with one attached hydrogen (secondary N) is 1. The van der Waals surface area contributed by atoms with Crippen LogP contribution in [0, 0.1) is 12.8 Å². The lowest BCUT2D eigenvalue weighted by Crippen LogP contribution is -2.26. The van der Waals surface area contributed by atoms with E-state index >= 15 is 0 Å². The van der Waals surface area contributed by atoms with Crippen LogP contribution in [0.5, 0.6) is 0 Å². The maximum absolute atomic E-state index is 5.20. The summed E-state index contributed by atoms with van der Waals surface area (Å²) in [6.45, 7) is 10.3. The average Bonchev–Trinajstić information content (AvgIpc) is 2.57. The molecule has 1 unspecified atom stereocenters. The van der Waals surface area contributed by atoms with Crippen LogP contribution in [0.25, 0.3) is 0 Å². The lowest BCUT2D eigenvalue weighted by molar-refractivity contribution is 0.184. The zero-order valence-corrected chi connectivity index (χ0v) is 11.7. The van der Waals surface area contributed by atoms with Gasteiger partial charge in [-0.25, -0.2) is 4.98 Å². The topological polar surface area (TPSA) is 39.1 Å². The van der Waals surface area contributed by atoms with Gasteiger partial charge in [-0.2, -0.15) is 0 Å². The molecular formula is C13H25N3O. The van der Waals surface area contributed by atoms with Gasteiger partial charge in [-0.3, -0.25) is 0 Å². The first-order valence-electron chi connectivity index (χ1n) is 6.36. The van der Waals surface area contributed by atoms with Crippen molar-refractivity contribution in [3.8, 4) is 0 Å². The second kappa shape index (κ2) is 6.64. The highest BCUT2D eigenvalue weighted by Gasteiger charge is 2.11. The first-order chi connectivity index (χ1) is 8.06. The van der Waals surface area contributed by atoms with E-state index in [9.17, 15) is 0 Å². The Kier molecular flexibility index (Phi) is 5.48. The lowest BCUT2D eigenvalue weighted by Gasteiger charge is -2.18. The molecule has 0 aliphatic rings. The number of nitrogens with zero attached hydrogens (tertiary/aromatic N) is 2. The molecule has 0 saturated heterocycles. The summed E-state index contributed by atoms with van der Waals surface area (Å²) in [6, 6.07) is 0.327. The minimum absolute atomic E-state index is 0.327. The molecule has 4 heteroatoms. The van der Waals surface area contributed by atoms with Gasteiger partial charge in [0, 0.05) is 19.9 Å². The highest BCUT2D eigenvalue weighted by molar-refractivity contribution is 5.30. The van der Waals surface area contributed by atoms with Crippen molar-refractivity contribution >= 4 is 5.95 Å². The number of hydrogen-bond acceptors (Lipinski definition) is 3. The number of ether oxygens (including phenoxy) is 1. The van der Waals surface area contributed by atoms with Crippen molar-refractivity contribution in [1.29, 1.82) is 0 Å². The minimum atomic E-state index is 0.327. The van der Waals surface area contributed by atoms with Crippen molar-refractivity contribution in [1.82, 2.24) is 9.55 Å². The number of imidazole rings is 1. The van der Waals surface area contributed by atoms with E-state index < -0.39 is 0 Å². The highest BCUT2D eigenvalue weighted by atomic mass is 16.5. The molecule has 1 heterocycles. The molecule has 98 valence electrons. The van der Waals surface area contributed by atoms with E-state index in [1.807, 2.05) is 6.92 Å². The number of methoxy groups -OCH3 is 1. The molecule has 0 fully saturated rings. The molecule has 0 radical (unpaired) electrons. The van der Waals surface area contributed by atoms with Gasteiger partial charge in [0.05, 0.1) is 18.3 Å². The SMILES string of the molecule is CCC(COC)Nc1nc(C)cn1CC(C)C.